The van der Waals surface area contributed by atoms with E-state index in [4.69, 9.17) is 9.97 Å². The van der Waals surface area contributed by atoms with Crippen molar-refractivity contribution in [1.82, 2.24) is 19.5 Å². The first-order valence-electron chi connectivity index (χ1n) is 14.5. The van der Waals surface area contributed by atoms with E-state index >= 15 is 0 Å². The first kappa shape index (κ1) is 23.8. The molecule has 9 rings (SSSR count). The van der Waals surface area contributed by atoms with Crippen LogP contribution in [0.15, 0.2) is 146 Å². The Hall–Kier alpha value is -5.87. The van der Waals surface area contributed by atoms with E-state index in [1.165, 1.54) is 21.5 Å². The Labute approximate surface area is 247 Å². The highest BCUT2D eigenvalue weighted by molar-refractivity contribution is 6.13. The lowest BCUT2D eigenvalue weighted by atomic mass is 9.99. The minimum Gasteiger partial charge on any atom is -0.278 e. The normalized spacial score (nSPS) is 11.7. The van der Waals surface area contributed by atoms with Crippen molar-refractivity contribution >= 4 is 54.4 Å². The summed E-state index contributed by atoms with van der Waals surface area (Å²) >= 11 is 0. The predicted octanol–water partition coefficient (Wildman–Crippen LogP) is 9.76. The number of nitrogens with zero attached hydrogens (tertiary/aromatic N) is 4. The minimum absolute atomic E-state index is 0.664. The Morgan fingerprint density at radius 2 is 1.16 bits per heavy atom. The van der Waals surface area contributed by atoms with E-state index in [-0.39, 0.29) is 0 Å². The average Bonchev–Trinajstić information content (AvgIpc) is 3.39. The molecule has 4 heteroatoms. The van der Waals surface area contributed by atoms with Crippen LogP contribution in [0, 0.1) is 0 Å². The van der Waals surface area contributed by atoms with E-state index in [0.717, 1.165) is 55.2 Å². The Kier molecular flexibility index (Phi) is 5.16. The van der Waals surface area contributed by atoms with Gasteiger partial charge in [-0.05, 0) is 46.7 Å². The molecule has 0 radical (unpaired) electrons. The Balaban J connectivity index is 1.27. The third kappa shape index (κ3) is 3.74. The molecule has 43 heavy (non-hydrogen) atoms. The number of pyridine rings is 1. The van der Waals surface area contributed by atoms with Gasteiger partial charge in [0.1, 0.15) is 0 Å². The molecule has 0 saturated carbocycles. The molecule has 0 unspecified atom stereocenters. The standard InChI is InChI=1S/C39H24N4/c1-2-10-29-24-36-33(23-28(29)9-1)31-13-4-6-17-35(31)43(36)39-41-34-16-5-3-14-32(34)38(42-39)27-20-18-25(19-21-27)30-15-7-11-26-12-8-22-40-37(26)30/h1-24H. The second kappa shape index (κ2) is 9.33. The van der Waals surface area contributed by atoms with Crippen LogP contribution in [0.3, 0.4) is 0 Å². The molecule has 4 nitrogen and oxygen atoms in total. The molecular formula is C39H24N4. The number of hydrogen-bond acceptors (Lipinski definition) is 3. The maximum Gasteiger partial charge on any atom is 0.235 e. The first-order valence-corrected chi connectivity index (χ1v) is 14.5. The number of hydrogen-bond donors (Lipinski definition) is 0. The molecule has 0 aliphatic rings. The summed E-state index contributed by atoms with van der Waals surface area (Å²) in [5.74, 6) is 0.664. The molecule has 200 valence electrons. The molecule has 0 atom stereocenters. The van der Waals surface area contributed by atoms with E-state index < -0.39 is 0 Å². The van der Waals surface area contributed by atoms with Crippen LogP contribution in [-0.4, -0.2) is 19.5 Å². The van der Waals surface area contributed by atoms with Crippen molar-refractivity contribution < 1.29 is 0 Å². The summed E-state index contributed by atoms with van der Waals surface area (Å²) in [5, 5.41) is 6.96. The van der Waals surface area contributed by atoms with Crippen molar-refractivity contribution in [3.63, 3.8) is 0 Å². The van der Waals surface area contributed by atoms with Crippen molar-refractivity contribution in [3.05, 3.63) is 146 Å². The Bertz CT molecular complexity index is 2500. The zero-order chi connectivity index (χ0) is 28.3. The molecule has 0 saturated heterocycles. The van der Waals surface area contributed by atoms with Gasteiger partial charge in [0.05, 0.1) is 27.8 Å². The van der Waals surface area contributed by atoms with Crippen LogP contribution < -0.4 is 0 Å². The maximum atomic E-state index is 5.29. The van der Waals surface area contributed by atoms with Crippen molar-refractivity contribution in [2.24, 2.45) is 0 Å². The molecule has 0 amide bonds. The van der Waals surface area contributed by atoms with Crippen molar-refractivity contribution in [1.29, 1.82) is 0 Å². The van der Waals surface area contributed by atoms with Gasteiger partial charge < -0.3 is 0 Å². The highest BCUT2D eigenvalue weighted by Crippen LogP contribution is 2.36. The van der Waals surface area contributed by atoms with Gasteiger partial charge >= 0.3 is 0 Å². The topological polar surface area (TPSA) is 43.6 Å². The fourth-order valence-corrected chi connectivity index (χ4v) is 6.40. The third-order valence-corrected chi connectivity index (χ3v) is 8.43. The van der Waals surface area contributed by atoms with Crippen molar-refractivity contribution in [3.8, 4) is 28.3 Å². The Morgan fingerprint density at radius 1 is 0.465 bits per heavy atom. The van der Waals surface area contributed by atoms with E-state index in [9.17, 15) is 0 Å². The van der Waals surface area contributed by atoms with Gasteiger partial charge in [-0.15, -0.1) is 0 Å². The summed E-state index contributed by atoms with van der Waals surface area (Å²) in [6, 6.07) is 48.9. The average molecular weight is 549 g/mol. The molecule has 9 aromatic rings. The maximum absolute atomic E-state index is 5.29. The van der Waals surface area contributed by atoms with Crippen LogP contribution in [0.25, 0.3) is 82.7 Å². The monoisotopic (exact) mass is 548 g/mol. The fraction of sp³-hybridized carbons (Fsp3) is 0. The van der Waals surface area contributed by atoms with Gasteiger partial charge in [0.15, 0.2) is 0 Å². The molecular weight excluding hydrogens is 524 g/mol. The smallest absolute Gasteiger partial charge is 0.235 e. The lowest BCUT2D eigenvalue weighted by molar-refractivity contribution is 1.01. The summed E-state index contributed by atoms with van der Waals surface area (Å²) in [6.07, 6.45) is 1.85. The molecule has 3 heterocycles. The number of fused-ring (bicyclic) bond motifs is 6. The molecule has 0 fully saturated rings. The van der Waals surface area contributed by atoms with E-state index in [0.29, 0.717) is 5.95 Å². The summed E-state index contributed by atoms with van der Waals surface area (Å²) in [7, 11) is 0. The van der Waals surface area contributed by atoms with Crippen molar-refractivity contribution in [2.75, 3.05) is 0 Å². The van der Waals surface area contributed by atoms with Crippen LogP contribution in [0.2, 0.25) is 0 Å². The summed E-state index contributed by atoms with van der Waals surface area (Å²) < 4.78 is 2.21. The predicted molar refractivity (Wildman–Crippen MR) is 178 cm³/mol. The van der Waals surface area contributed by atoms with Gasteiger partial charge in [-0.1, -0.05) is 109 Å². The highest BCUT2D eigenvalue weighted by atomic mass is 15.2. The zero-order valence-electron chi connectivity index (χ0n) is 23.1. The van der Waals surface area contributed by atoms with E-state index in [1.54, 1.807) is 0 Å². The molecule has 0 aliphatic carbocycles. The zero-order valence-corrected chi connectivity index (χ0v) is 23.1. The Morgan fingerprint density at radius 3 is 2.05 bits per heavy atom. The third-order valence-electron chi connectivity index (χ3n) is 8.43. The van der Waals surface area contributed by atoms with Crippen molar-refractivity contribution in [2.45, 2.75) is 0 Å². The molecule has 6 aromatic carbocycles. The second-order valence-corrected chi connectivity index (χ2v) is 10.9. The van der Waals surface area contributed by atoms with Crippen LogP contribution in [0.5, 0.6) is 0 Å². The molecule has 0 aliphatic heterocycles. The van der Waals surface area contributed by atoms with Crippen LogP contribution in [-0.2, 0) is 0 Å². The number of para-hydroxylation sites is 3. The quantitative estimate of drug-likeness (QED) is 0.221. The van der Waals surface area contributed by atoms with Crippen LogP contribution in [0.4, 0.5) is 0 Å². The summed E-state index contributed by atoms with van der Waals surface area (Å²) in [5.41, 5.74) is 8.31. The lowest BCUT2D eigenvalue weighted by Gasteiger charge is -2.12. The molecule has 3 aromatic heterocycles. The van der Waals surface area contributed by atoms with E-state index in [2.05, 4.69) is 137 Å². The van der Waals surface area contributed by atoms with Gasteiger partial charge in [-0.2, -0.15) is 0 Å². The largest absolute Gasteiger partial charge is 0.278 e. The van der Waals surface area contributed by atoms with E-state index in [1.807, 2.05) is 18.3 Å². The van der Waals surface area contributed by atoms with Gasteiger partial charge in [-0.3, -0.25) is 9.55 Å². The van der Waals surface area contributed by atoms with Gasteiger partial charge in [0.2, 0.25) is 5.95 Å². The molecule has 0 spiro atoms. The highest BCUT2D eigenvalue weighted by Gasteiger charge is 2.18. The SMILES string of the molecule is c1ccc2cc3c(cc2c1)c1ccccc1n3-c1nc(-c2ccc(-c3cccc4cccnc34)cc2)c2ccccc2n1. The minimum atomic E-state index is 0.664. The molecule has 0 N–H and O–H groups in total. The van der Waals surface area contributed by atoms with Gasteiger partial charge in [0, 0.05) is 38.9 Å². The number of aromatic nitrogens is 4. The summed E-state index contributed by atoms with van der Waals surface area (Å²) in [4.78, 5) is 15.1. The first-order chi connectivity index (χ1) is 21.3. The fourth-order valence-electron chi connectivity index (χ4n) is 6.40. The second-order valence-electron chi connectivity index (χ2n) is 10.9. The number of rotatable bonds is 3. The number of benzene rings is 6. The molecule has 0 bridgehead atoms. The van der Waals surface area contributed by atoms with Crippen LogP contribution in [0.1, 0.15) is 0 Å². The lowest BCUT2D eigenvalue weighted by Crippen LogP contribution is -2.03. The van der Waals surface area contributed by atoms with Gasteiger partial charge in [-0.25, -0.2) is 9.97 Å². The van der Waals surface area contributed by atoms with Gasteiger partial charge in [0.25, 0.3) is 0 Å². The summed E-state index contributed by atoms with van der Waals surface area (Å²) in [6.45, 7) is 0. The van der Waals surface area contributed by atoms with Crippen LogP contribution >= 0.6 is 0 Å².